The summed E-state index contributed by atoms with van der Waals surface area (Å²) in [5, 5.41) is 30.6. The first-order chi connectivity index (χ1) is 29.3. The van der Waals surface area contributed by atoms with E-state index >= 15 is 0 Å². The van der Waals surface area contributed by atoms with Gasteiger partial charge in [-0.05, 0) is 116 Å². The Morgan fingerprint density at radius 1 is 0.262 bits per heavy atom. The molecular formula is C54H99FeO6. The summed E-state index contributed by atoms with van der Waals surface area (Å²) in [4.78, 5) is 30.6. The van der Waals surface area contributed by atoms with Gasteiger partial charge in [-0.2, -0.15) is 0 Å². The third-order valence-electron chi connectivity index (χ3n) is 10.9. The Bertz CT molecular complexity index is 827. The number of rotatable bonds is 45. The molecule has 1 radical (unpaired) electrons. The molecule has 0 heterocycles. The Hall–Kier alpha value is -1.85. The second-order valence-electron chi connectivity index (χ2n) is 17.1. The van der Waals surface area contributed by atoms with E-state index in [0.717, 1.165) is 57.8 Å². The van der Waals surface area contributed by atoms with Gasteiger partial charge >= 0.3 is 17.1 Å². The van der Waals surface area contributed by atoms with E-state index in [1.165, 1.54) is 193 Å². The van der Waals surface area contributed by atoms with Gasteiger partial charge in [0.15, 0.2) is 0 Å². The summed E-state index contributed by atoms with van der Waals surface area (Å²) < 4.78 is 0. The van der Waals surface area contributed by atoms with Crippen molar-refractivity contribution in [1.82, 2.24) is 0 Å². The maximum absolute atomic E-state index is 10.2. The summed E-state index contributed by atoms with van der Waals surface area (Å²) in [6, 6.07) is 0. The molecule has 0 aliphatic rings. The molecule has 0 aromatic rings. The van der Waals surface area contributed by atoms with Gasteiger partial charge in [-0.15, -0.1) is 0 Å². The molecule has 7 heteroatoms. The molecule has 359 valence electrons. The summed E-state index contributed by atoms with van der Waals surface area (Å²) >= 11 is 0. The Labute approximate surface area is 389 Å². The molecule has 0 aromatic carbocycles. The number of carbonyl (C=O) groups excluding carboxylic acids is 3. The zero-order chi connectivity index (χ0) is 44.7. The molecule has 0 atom stereocenters. The monoisotopic (exact) mass is 900 g/mol. The molecule has 0 N–H and O–H groups in total. The number of hydrogen-bond donors (Lipinski definition) is 0. The van der Waals surface area contributed by atoms with E-state index in [2.05, 4.69) is 57.2 Å². The van der Waals surface area contributed by atoms with Crippen molar-refractivity contribution < 1.29 is 46.8 Å². The summed E-state index contributed by atoms with van der Waals surface area (Å²) in [5.41, 5.74) is 0. The quantitative estimate of drug-likeness (QED) is 0.0341. The van der Waals surface area contributed by atoms with E-state index in [-0.39, 0.29) is 36.3 Å². The molecule has 0 aromatic heterocycles. The van der Waals surface area contributed by atoms with Crippen molar-refractivity contribution >= 4 is 17.9 Å². The van der Waals surface area contributed by atoms with Crippen LogP contribution >= 0.6 is 0 Å². The number of carboxylic acids is 3. The molecule has 0 fully saturated rings. The summed E-state index contributed by atoms with van der Waals surface area (Å²) in [7, 11) is 0. The van der Waals surface area contributed by atoms with E-state index in [1.54, 1.807) is 0 Å². The minimum absolute atomic E-state index is 0. The maximum atomic E-state index is 10.2. The van der Waals surface area contributed by atoms with Crippen LogP contribution in [0.4, 0.5) is 0 Å². The average molecular weight is 900 g/mol. The van der Waals surface area contributed by atoms with Crippen LogP contribution in [0.5, 0.6) is 0 Å². The zero-order valence-electron chi connectivity index (χ0n) is 40.5. The van der Waals surface area contributed by atoms with Crippen LogP contribution in [0.1, 0.15) is 290 Å². The summed E-state index contributed by atoms with van der Waals surface area (Å²) in [6.07, 6.45) is 62.7. The second kappa shape index (κ2) is 62.4. The Kier molecular flexibility index (Phi) is 67.3. The molecule has 0 bridgehead atoms. The van der Waals surface area contributed by atoms with Crippen molar-refractivity contribution in [1.29, 1.82) is 0 Å². The number of aliphatic carboxylic acids is 3. The number of allylic oxidation sites excluding steroid dienone is 6. The van der Waals surface area contributed by atoms with E-state index < -0.39 is 17.9 Å². The molecule has 0 spiro atoms. The van der Waals surface area contributed by atoms with Gasteiger partial charge in [0.2, 0.25) is 0 Å². The minimum Gasteiger partial charge on any atom is -0.550 e. The largest absolute Gasteiger partial charge is 3.00 e. The average Bonchev–Trinajstić information content (AvgIpc) is 3.22. The predicted molar refractivity (Wildman–Crippen MR) is 253 cm³/mol. The number of carboxylic acid groups (broad SMARTS) is 3. The van der Waals surface area contributed by atoms with Crippen molar-refractivity contribution in [2.75, 3.05) is 0 Å². The molecule has 0 rings (SSSR count). The molecule has 0 amide bonds. The normalized spacial score (nSPS) is 11.1. The fourth-order valence-electron chi connectivity index (χ4n) is 7.02. The topological polar surface area (TPSA) is 120 Å². The van der Waals surface area contributed by atoms with Crippen LogP contribution in [0.25, 0.3) is 0 Å². The van der Waals surface area contributed by atoms with E-state index in [0.29, 0.717) is 0 Å². The SMILES string of the molecule is CCCCCCCC/C=C/CCCCCCCC(=O)[O-].CCCCCCCC/C=C/CCCCCCCC(=O)[O-].CCCCCCCC/C=C\CCCCCCCC(=O)[O-].[Fe+3]. The van der Waals surface area contributed by atoms with Gasteiger partial charge in [0.05, 0.1) is 0 Å². The van der Waals surface area contributed by atoms with Gasteiger partial charge < -0.3 is 29.7 Å². The van der Waals surface area contributed by atoms with Crippen LogP contribution in [0, 0.1) is 0 Å². The van der Waals surface area contributed by atoms with Crippen LogP contribution in [0.3, 0.4) is 0 Å². The number of unbranched alkanes of at least 4 members (excludes halogenated alkanes) is 33. The molecule has 0 aliphatic heterocycles. The fraction of sp³-hybridized carbons (Fsp3) is 0.833. The zero-order valence-corrected chi connectivity index (χ0v) is 41.6. The smallest absolute Gasteiger partial charge is 0.550 e. The molecular weight excluding hydrogens is 800 g/mol. The van der Waals surface area contributed by atoms with Gasteiger partial charge in [0, 0.05) is 17.9 Å². The number of carbonyl (C=O) groups is 3. The third-order valence-corrected chi connectivity index (χ3v) is 10.9. The van der Waals surface area contributed by atoms with E-state index in [9.17, 15) is 29.7 Å². The van der Waals surface area contributed by atoms with Crippen molar-refractivity contribution in [3.05, 3.63) is 36.5 Å². The van der Waals surface area contributed by atoms with Crippen LogP contribution in [-0.2, 0) is 31.5 Å². The van der Waals surface area contributed by atoms with Crippen molar-refractivity contribution in [3.8, 4) is 0 Å². The molecule has 0 saturated heterocycles. The molecule has 61 heavy (non-hydrogen) atoms. The second-order valence-corrected chi connectivity index (χ2v) is 17.1. The first kappa shape index (κ1) is 65.8. The molecule has 0 saturated carbocycles. The summed E-state index contributed by atoms with van der Waals surface area (Å²) in [5.74, 6) is -2.74. The molecule has 0 unspecified atom stereocenters. The van der Waals surface area contributed by atoms with Gasteiger partial charge in [-0.1, -0.05) is 211 Å². The van der Waals surface area contributed by atoms with Gasteiger partial charge in [-0.3, -0.25) is 0 Å². The molecule has 6 nitrogen and oxygen atoms in total. The third kappa shape index (κ3) is 75.9. The van der Waals surface area contributed by atoms with Crippen LogP contribution in [0.2, 0.25) is 0 Å². The van der Waals surface area contributed by atoms with Gasteiger partial charge in [-0.25, -0.2) is 0 Å². The van der Waals surface area contributed by atoms with Crippen molar-refractivity contribution in [2.45, 2.75) is 290 Å². The molecule has 0 aliphatic carbocycles. The van der Waals surface area contributed by atoms with E-state index in [4.69, 9.17) is 0 Å². The predicted octanol–water partition coefficient (Wildman–Crippen LogP) is 14.3. The Balaban J connectivity index is -0.000000396. The Morgan fingerprint density at radius 3 is 0.574 bits per heavy atom. The first-order valence-electron chi connectivity index (χ1n) is 25.9. The number of hydrogen-bond acceptors (Lipinski definition) is 6. The Morgan fingerprint density at radius 2 is 0.410 bits per heavy atom. The summed E-state index contributed by atoms with van der Waals surface area (Å²) in [6.45, 7) is 6.77. The van der Waals surface area contributed by atoms with Crippen molar-refractivity contribution in [3.63, 3.8) is 0 Å². The van der Waals surface area contributed by atoms with Crippen LogP contribution in [-0.4, -0.2) is 17.9 Å². The van der Waals surface area contributed by atoms with Crippen molar-refractivity contribution in [2.24, 2.45) is 0 Å². The van der Waals surface area contributed by atoms with Gasteiger partial charge in [0.25, 0.3) is 0 Å². The fourth-order valence-corrected chi connectivity index (χ4v) is 7.02. The van der Waals surface area contributed by atoms with Gasteiger partial charge in [0.1, 0.15) is 0 Å². The minimum atomic E-state index is -0.914. The maximum Gasteiger partial charge on any atom is 3.00 e. The standard InChI is InChI=1S/3C18H34O2.Fe/c3*1-2-3-4-5-6-7-8-9-10-11-12-13-14-15-16-17-18(19)20;/h3*9-10H,2-8,11-17H2,1H3,(H,19,20);/q;;;+3/p-3/b2*10-9+;10-9-;. The van der Waals surface area contributed by atoms with E-state index in [1.807, 2.05) is 0 Å². The van der Waals surface area contributed by atoms with Crippen LogP contribution in [0.15, 0.2) is 36.5 Å². The first-order valence-corrected chi connectivity index (χ1v) is 25.9. The van der Waals surface area contributed by atoms with Crippen LogP contribution < -0.4 is 15.3 Å².